The summed E-state index contributed by atoms with van der Waals surface area (Å²) in [7, 11) is 1.12. The molecule has 2 aliphatic carbocycles. The van der Waals surface area contributed by atoms with Gasteiger partial charge in [0, 0.05) is 24.6 Å². The summed E-state index contributed by atoms with van der Waals surface area (Å²) in [5.74, 6) is -11.8. The fourth-order valence-electron chi connectivity index (χ4n) is 7.14. The van der Waals surface area contributed by atoms with Crippen molar-refractivity contribution in [3.05, 3.63) is 59.2 Å². The number of carbonyl (C=O) groups is 5. The number of ether oxygens (including phenoxy) is 1. The maximum Gasteiger partial charge on any atom is 0.573 e. The molecule has 6 rings (SSSR count). The van der Waals surface area contributed by atoms with Gasteiger partial charge in [0.05, 0.1) is 17.5 Å². The molecule has 2 heterocycles. The van der Waals surface area contributed by atoms with Crippen LogP contribution >= 0.6 is 23.2 Å². The smallest absolute Gasteiger partial charge is 0.508 e. The number of anilines is 1. The van der Waals surface area contributed by atoms with Crippen molar-refractivity contribution in [1.29, 1.82) is 0 Å². The molecule has 2 aromatic carbocycles. The van der Waals surface area contributed by atoms with E-state index in [0.717, 1.165) is 42.3 Å². The van der Waals surface area contributed by atoms with Crippen molar-refractivity contribution >= 4 is 58.5 Å². The van der Waals surface area contributed by atoms with Crippen molar-refractivity contribution in [3.8, 4) is 17.2 Å². The van der Waals surface area contributed by atoms with Gasteiger partial charge >= 0.3 is 12.3 Å². The van der Waals surface area contributed by atoms with Crippen LogP contribution in [0.1, 0.15) is 34.7 Å². The molecule has 2 aliphatic heterocycles. The molecular formula is C29H21Cl2F3N2O9. The molecule has 4 amide bonds. The number of halogens is 5. The Morgan fingerprint density at radius 1 is 0.978 bits per heavy atom. The van der Waals surface area contributed by atoms with E-state index in [-0.39, 0.29) is 23.2 Å². The van der Waals surface area contributed by atoms with E-state index in [4.69, 9.17) is 23.2 Å². The van der Waals surface area contributed by atoms with Crippen molar-refractivity contribution < 1.29 is 57.2 Å². The van der Waals surface area contributed by atoms with E-state index >= 15 is 0 Å². The molecule has 0 radical (unpaired) electrons. The number of nitrogens with zero attached hydrogens (tertiary/aromatic N) is 2. The number of imide groups is 2. The molecule has 2 aromatic rings. The Bertz CT molecular complexity index is 1760. The quantitative estimate of drug-likeness (QED) is 0.249. The number of phenols is 2. The average Bonchev–Trinajstić information content (AvgIpc) is 3.28. The minimum atomic E-state index is -5.12. The fourth-order valence-corrected chi connectivity index (χ4v) is 8.16. The molecule has 45 heavy (non-hydrogen) atoms. The van der Waals surface area contributed by atoms with E-state index in [9.17, 15) is 52.5 Å². The third-order valence-corrected chi connectivity index (χ3v) is 10.4. The summed E-state index contributed by atoms with van der Waals surface area (Å²) in [5.41, 5.74) is -0.720. The van der Waals surface area contributed by atoms with Crippen LogP contribution in [0.4, 0.5) is 18.9 Å². The number of likely N-dealkylation sites (tertiary alicyclic amines) is 1. The molecule has 6 atom stereocenters. The second-order valence-corrected chi connectivity index (χ2v) is 12.5. The predicted octanol–water partition coefficient (Wildman–Crippen LogP) is 3.89. The molecule has 0 spiro atoms. The molecule has 0 aromatic heterocycles. The normalized spacial score (nSPS) is 31.0. The standard InChI is InChI=1S/C29H21Cl2F3N2O9/c1-35-25(43)27(30)10-17-13(21(28(27,31)26(35)44)16-9-12(3-7-18(16)37)45-29(32,33)34)5-6-15-20(17)23(40)36(22(15)39)11-2-4-14(24(41)42)19(38)8-11/h2-5,7-9,15,17,20-21,37-38H,6,10H2,1H3,(H,41,42). The number of rotatable bonds is 4. The SMILES string of the molecule is CN1C(=O)C2(Cl)CC3C(=CCC4C(=O)N(c5ccc(C(=O)O)c(O)c5)C(=O)C43)C(c3cc(OC(F)(F)F)ccc3O)C2(Cl)C1=O. The fraction of sp³-hybridized carbons (Fsp3) is 0.345. The second kappa shape index (κ2) is 9.85. The van der Waals surface area contributed by atoms with Crippen LogP contribution in [0.15, 0.2) is 48.0 Å². The molecule has 6 unspecified atom stereocenters. The first-order valence-corrected chi connectivity index (χ1v) is 14.1. The Labute approximate surface area is 261 Å². The lowest BCUT2D eigenvalue weighted by Gasteiger charge is -2.50. The van der Waals surface area contributed by atoms with Crippen molar-refractivity contribution in [2.75, 3.05) is 11.9 Å². The summed E-state index contributed by atoms with van der Waals surface area (Å²) in [4.78, 5) is 62.9. The monoisotopic (exact) mass is 668 g/mol. The minimum absolute atomic E-state index is 0.104. The molecule has 2 saturated heterocycles. The maximum atomic E-state index is 14.0. The van der Waals surface area contributed by atoms with Gasteiger partial charge in [-0.3, -0.25) is 24.1 Å². The van der Waals surface area contributed by atoms with Gasteiger partial charge in [0.15, 0.2) is 9.75 Å². The lowest BCUT2D eigenvalue weighted by molar-refractivity contribution is -0.274. The Morgan fingerprint density at radius 2 is 1.67 bits per heavy atom. The summed E-state index contributed by atoms with van der Waals surface area (Å²) >= 11 is 14.0. The summed E-state index contributed by atoms with van der Waals surface area (Å²) in [6, 6.07) is 5.68. The van der Waals surface area contributed by atoms with E-state index < -0.39 is 98.6 Å². The Balaban J connectivity index is 1.50. The van der Waals surface area contributed by atoms with Gasteiger partial charge in [0.1, 0.15) is 22.8 Å². The number of amides is 4. The first kappa shape index (κ1) is 30.7. The van der Waals surface area contributed by atoms with Crippen molar-refractivity contribution in [2.45, 2.75) is 34.9 Å². The lowest BCUT2D eigenvalue weighted by atomic mass is 9.56. The zero-order valence-electron chi connectivity index (χ0n) is 22.8. The third kappa shape index (κ3) is 4.22. The number of benzene rings is 2. The molecule has 11 nitrogen and oxygen atoms in total. The highest BCUT2D eigenvalue weighted by molar-refractivity contribution is 6.53. The van der Waals surface area contributed by atoms with Crippen LogP contribution in [0.2, 0.25) is 0 Å². The highest BCUT2D eigenvalue weighted by atomic mass is 35.5. The third-order valence-electron chi connectivity index (χ3n) is 9.03. The largest absolute Gasteiger partial charge is 0.573 e. The number of carbonyl (C=O) groups excluding carboxylic acids is 4. The summed E-state index contributed by atoms with van der Waals surface area (Å²) in [6.45, 7) is 0. The lowest BCUT2D eigenvalue weighted by Crippen LogP contribution is -2.60. The molecule has 1 saturated carbocycles. The summed E-state index contributed by atoms with van der Waals surface area (Å²) in [6.07, 6.45) is -4.14. The van der Waals surface area contributed by atoms with Gasteiger partial charge in [-0.05, 0) is 49.1 Å². The maximum absolute atomic E-state index is 14.0. The van der Waals surface area contributed by atoms with Crippen LogP contribution < -0.4 is 9.64 Å². The van der Waals surface area contributed by atoms with Gasteiger partial charge in [-0.1, -0.05) is 11.6 Å². The first-order valence-electron chi connectivity index (χ1n) is 13.4. The van der Waals surface area contributed by atoms with Crippen LogP contribution in [0, 0.1) is 17.8 Å². The number of alkyl halides is 5. The van der Waals surface area contributed by atoms with Crippen LogP contribution in [-0.2, 0) is 19.2 Å². The van der Waals surface area contributed by atoms with Gasteiger partial charge in [-0.2, -0.15) is 0 Å². The number of allylic oxidation sites excluding steroid dienone is 2. The Hall–Kier alpha value is -4.30. The zero-order valence-corrected chi connectivity index (χ0v) is 24.4. The highest BCUT2D eigenvalue weighted by Gasteiger charge is 2.76. The van der Waals surface area contributed by atoms with Gasteiger partial charge in [-0.15, -0.1) is 36.4 Å². The van der Waals surface area contributed by atoms with Gasteiger partial charge in [0.2, 0.25) is 11.8 Å². The summed E-state index contributed by atoms with van der Waals surface area (Å²) < 4.78 is 43.4. The number of fused-ring (bicyclic) bond motifs is 4. The van der Waals surface area contributed by atoms with Crippen LogP contribution in [0.25, 0.3) is 0 Å². The van der Waals surface area contributed by atoms with Crippen molar-refractivity contribution in [3.63, 3.8) is 0 Å². The molecule has 4 aliphatic rings. The van der Waals surface area contributed by atoms with Crippen molar-refractivity contribution in [2.24, 2.45) is 17.8 Å². The number of carboxylic acids is 1. The average molecular weight is 669 g/mol. The number of hydrogen-bond donors (Lipinski definition) is 3. The molecule has 236 valence electrons. The van der Waals surface area contributed by atoms with E-state index in [2.05, 4.69) is 4.74 Å². The zero-order chi connectivity index (χ0) is 33.0. The first-order chi connectivity index (χ1) is 20.9. The molecule has 3 fully saturated rings. The number of hydrogen-bond acceptors (Lipinski definition) is 8. The molecule has 3 N–H and O–H groups in total. The Morgan fingerprint density at radius 3 is 2.29 bits per heavy atom. The number of carboxylic acid groups (broad SMARTS) is 1. The van der Waals surface area contributed by atoms with E-state index in [1.54, 1.807) is 0 Å². The van der Waals surface area contributed by atoms with Crippen molar-refractivity contribution in [1.82, 2.24) is 4.90 Å². The molecular weight excluding hydrogens is 648 g/mol. The highest BCUT2D eigenvalue weighted by Crippen LogP contribution is 2.66. The predicted molar refractivity (Wildman–Crippen MR) is 148 cm³/mol. The molecule has 16 heteroatoms. The van der Waals surface area contributed by atoms with E-state index in [0.29, 0.717) is 4.90 Å². The number of phenolic OH excluding ortho intramolecular Hbond substituents is 1. The Kier molecular flexibility index (Phi) is 6.72. The van der Waals surface area contributed by atoms with Gasteiger partial charge in [0.25, 0.3) is 11.8 Å². The van der Waals surface area contributed by atoms with Crippen LogP contribution in [0.3, 0.4) is 0 Å². The molecule has 0 bridgehead atoms. The van der Waals surface area contributed by atoms with Crippen LogP contribution in [-0.4, -0.2) is 73.0 Å². The number of aromatic hydroxyl groups is 2. The van der Waals surface area contributed by atoms with Gasteiger partial charge in [-0.25, -0.2) is 9.69 Å². The minimum Gasteiger partial charge on any atom is -0.508 e. The second-order valence-electron chi connectivity index (χ2n) is 11.3. The van der Waals surface area contributed by atoms with Crippen LogP contribution in [0.5, 0.6) is 17.2 Å². The topological polar surface area (TPSA) is 162 Å². The van der Waals surface area contributed by atoms with E-state index in [1.807, 2.05) is 0 Å². The van der Waals surface area contributed by atoms with E-state index in [1.165, 1.54) is 12.1 Å². The summed E-state index contributed by atoms with van der Waals surface area (Å²) in [5, 5.41) is 30.4. The number of aromatic carboxylic acids is 1. The van der Waals surface area contributed by atoms with Gasteiger partial charge < -0.3 is 20.1 Å².